The summed E-state index contributed by atoms with van der Waals surface area (Å²) in [4.78, 5) is 32.2. The zero-order chi connectivity index (χ0) is 19.4. The molecule has 2 amide bonds. The van der Waals surface area contributed by atoms with Gasteiger partial charge in [0, 0.05) is 32.7 Å². The van der Waals surface area contributed by atoms with Gasteiger partial charge in [0.1, 0.15) is 5.70 Å². The van der Waals surface area contributed by atoms with Gasteiger partial charge in [0.05, 0.1) is 5.57 Å². The monoisotopic (exact) mass is 369 g/mol. The van der Waals surface area contributed by atoms with Gasteiger partial charge in [-0.25, -0.2) is 0 Å². The minimum atomic E-state index is -0.130. The first kappa shape index (κ1) is 19.6. The van der Waals surface area contributed by atoms with Gasteiger partial charge in [-0.1, -0.05) is 56.0 Å². The molecule has 1 aromatic rings. The number of hydrogen-bond acceptors (Lipinski definition) is 4. The van der Waals surface area contributed by atoms with Crippen molar-refractivity contribution < 1.29 is 9.59 Å². The fourth-order valence-electron chi connectivity index (χ4n) is 3.77. The molecule has 146 valence electrons. The lowest BCUT2D eigenvalue weighted by atomic mass is 10.0. The molecule has 3 rings (SSSR count). The molecule has 2 heterocycles. The molecule has 0 saturated carbocycles. The van der Waals surface area contributed by atoms with Crippen LogP contribution in [0.2, 0.25) is 0 Å². The van der Waals surface area contributed by atoms with E-state index in [1.165, 1.54) is 4.90 Å². The first-order valence-electron chi connectivity index (χ1n) is 10.1. The molecule has 5 heteroatoms. The Bertz CT molecular complexity index is 716. The standard InChI is InChI=1S/C22H31N3O2/c1-4-5-6-7-12-25-21(26)19(18-10-8-17(2)9-11-18)20(22(25)27)24-15-13-23(3)14-16-24/h8-11H,4-7,12-16H2,1-3H3. The molecule has 0 aromatic heterocycles. The van der Waals surface area contributed by atoms with Gasteiger partial charge in [0.2, 0.25) is 0 Å². The summed E-state index contributed by atoms with van der Waals surface area (Å²) in [5.41, 5.74) is 3.19. The third-order valence-corrected chi connectivity index (χ3v) is 5.54. The van der Waals surface area contributed by atoms with Gasteiger partial charge >= 0.3 is 0 Å². The Morgan fingerprint density at radius 2 is 1.56 bits per heavy atom. The minimum Gasteiger partial charge on any atom is -0.364 e. The number of unbranched alkanes of at least 4 members (excludes halogenated alkanes) is 3. The van der Waals surface area contributed by atoms with Crippen molar-refractivity contribution in [3.63, 3.8) is 0 Å². The van der Waals surface area contributed by atoms with Crippen LogP contribution in [0, 0.1) is 6.92 Å². The van der Waals surface area contributed by atoms with E-state index in [9.17, 15) is 9.59 Å². The molecular weight excluding hydrogens is 338 g/mol. The van der Waals surface area contributed by atoms with Crippen molar-refractivity contribution in [2.45, 2.75) is 39.5 Å². The Kier molecular flexibility index (Phi) is 6.32. The maximum atomic E-state index is 13.2. The lowest BCUT2D eigenvalue weighted by Crippen LogP contribution is -2.46. The lowest BCUT2D eigenvalue weighted by molar-refractivity contribution is -0.137. The van der Waals surface area contributed by atoms with E-state index < -0.39 is 0 Å². The second-order valence-electron chi connectivity index (χ2n) is 7.70. The average molecular weight is 370 g/mol. The number of benzene rings is 1. The van der Waals surface area contributed by atoms with Gasteiger partial charge in [-0.05, 0) is 26.0 Å². The van der Waals surface area contributed by atoms with Crippen molar-refractivity contribution in [1.82, 2.24) is 14.7 Å². The Labute approximate surface area is 162 Å². The molecule has 0 spiro atoms. The van der Waals surface area contributed by atoms with E-state index in [0.29, 0.717) is 17.8 Å². The number of likely N-dealkylation sites (N-methyl/N-ethyl adjacent to an activating group) is 1. The van der Waals surface area contributed by atoms with Crippen molar-refractivity contribution in [3.8, 4) is 0 Å². The van der Waals surface area contributed by atoms with E-state index in [4.69, 9.17) is 0 Å². The number of amides is 2. The van der Waals surface area contributed by atoms with E-state index in [0.717, 1.165) is 63.0 Å². The molecule has 0 radical (unpaired) electrons. The van der Waals surface area contributed by atoms with E-state index in [-0.39, 0.29) is 11.8 Å². The summed E-state index contributed by atoms with van der Waals surface area (Å²) in [5.74, 6) is -0.245. The van der Waals surface area contributed by atoms with Crippen LogP contribution in [-0.4, -0.2) is 66.3 Å². The van der Waals surface area contributed by atoms with Crippen molar-refractivity contribution in [3.05, 3.63) is 41.1 Å². The second-order valence-corrected chi connectivity index (χ2v) is 7.70. The third-order valence-electron chi connectivity index (χ3n) is 5.54. The molecule has 2 aliphatic rings. The highest BCUT2D eigenvalue weighted by Crippen LogP contribution is 2.32. The minimum absolute atomic E-state index is 0.114. The van der Waals surface area contributed by atoms with Gasteiger partial charge in [0.15, 0.2) is 0 Å². The first-order valence-corrected chi connectivity index (χ1v) is 10.1. The molecule has 0 bridgehead atoms. The molecule has 0 atom stereocenters. The number of piperazine rings is 1. The summed E-state index contributed by atoms with van der Waals surface area (Å²) < 4.78 is 0. The van der Waals surface area contributed by atoms with Crippen LogP contribution in [-0.2, 0) is 9.59 Å². The molecule has 0 unspecified atom stereocenters. The van der Waals surface area contributed by atoms with Crippen LogP contribution in [0.15, 0.2) is 30.0 Å². The van der Waals surface area contributed by atoms with Gasteiger partial charge in [-0.3, -0.25) is 14.5 Å². The molecular formula is C22H31N3O2. The largest absolute Gasteiger partial charge is 0.364 e. The first-order chi connectivity index (χ1) is 13.0. The van der Waals surface area contributed by atoms with Gasteiger partial charge in [0.25, 0.3) is 11.8 Å². The number of hydrogen-bond donors (Lipinski definition) is 0. The molecule has 2 aliphatic heterocycles. The summed E-state index contributed by atoms with van der Waals surface area (Å²) in [6, 6.07) is 7.94. The summed E-state index contributed by atoms with van der Waals surface area (Å²) in [5, 5.41) is 0. The highest BCUT2D eigenvalue weighted by Gasteiger charge is 2.41. The Balaban J connectivity index is 1.89. The fourth-order valence-corrected chi connectivity index (χ4v) is 3.77. The van der Waals surface area contributed by atoms with Crippen LogP contribution in [0.25, 0.3) is 5.57 Å². The van der Waals surface area contributed by atoms with Crippen molar-refractivity contribution >= 4 is 17.4 Å². The number of aryl methyl sites for hydroxylation is 1. The van der Waals surface area contributed by atoms with E-state index in [1.807, 2.05) is 31.2 Å². The molecule has 0 N–H and O–H groups in total. The highest BCUT2D eigenvalue weighted by molar-refractivity contribution is 6.35. The maximum Gasteiger partial charge on any atom is 0.277 e. The molecule has 1 aromatic carbocycles. The third kappa shape index (κ3) is 4.24. The van der Waals surface area contributed by atoms with Gasteiger partial charge in [-0.2, -0.15) is 0 Å². The van der Waals surface area contributed by atoms with Gasteiger partial charge in [-0.15, -0.1) is 0 Å². The maximum absolute atomic E-state index is 13.2. The van der Waals surface area contributed by atoms with E-state index in [2.05, 4.69) is 23.8 Å². The van der Waals surface area contributed by atoms with Crippen molar-refractivity contribution in [2.24, 2.45) is 0 Å². The van der Waals surface area contributed by atoms with Crippen LogP contribution >= 0.6 is 0 Å². The lowest BCUT2D eigenvalue weighted by Gasteiger charge is -2.34. The molecule has 0 aliphatic carbocycles. The van der Waals surface area contributed by atoms with Crippen LogP contribution in [0.1, 0.15) is 43.7 Å². The van der Waals surface area contributed by atoms with Crippen LogP contribution in [0.3, 0.4) is 0 Å². The Morgan fingerprint density at radius 1 is 0.889 bits per heavy atom. The SMILES string of the molecule is CCCCCCN1C(=O)C(c2ccc(C)cc2)=C(N2CCN(C)CC2)C1=O. The fraction of sp³-hybridized carbons (Fsp3) is 0.545. The van der Waals surface area contributed by atoms with E-state index in [1.54, 1.807) is 0 Å². The Hall–Kier alpha value is -2.14. The normalized spacial score (nSPS) is 18.8. The van der Waals surface area contributed by atoms with Crippen LogP contribution in [0.5, 0.6) is 0 Å². The van der Waals surface area contributed by atoms with Crippen LogP contribution < -0.4 is 0 Å². The van der Waals surface area contributed by atoms with Crippen molar-refractivity contribution in [2.75, 3.05) is 39.8 Å². The zero-order valence-electron chi connectivity index (χ0n) is 16.8. The number of nitrogens with zero attached hydrogens (tertiary/aromatic N) is 3. The smallest absolute Gasteiger partial charge is 0.277 e. The Morgan fingerprint density at radius 3 is 2.19 bits per heavy atom. The number of rotatable bonds is 7. The molecule has 1 saturated heterocycles. The topological polar surface area (TPSA) is 43.9 Å². The summed E-state index contributed by atoms with van der Waals surface area (Å²) in [6.45, 7) is 8.08. The summed E-state index contributed by atoms with van der Waals surface area (Å²) >= 11 is 0. The van der Waals surface area contributed by atoms with Gasteiger partial charge < -0.3 is 9.80 Å². The predicted molar refractivity (Wildman–Crippen MR) is 108 cm³/mol. The quantitative estimate of drug-likeness (QED) is 0.548. The molecule has 1 fully saturated rings. The highest BCUT2D eigenvalue weighted by atomic mass is 16.2. The van der Waals surface area contributed by atoms with E-state index >= 15 is 0 Å². The molecule has 27 heavy (non-hydrogen) atoms. The average Bonchev–Trinajstić information content (AvgIpc) is 2.91. The summed E-state index contributed by atoms with van der Waals surface area (Å²) in [6.07, 6.45) is 4.21. The number of carbonyl (C=O) groups is 2. The number of carbonyl (C=O) groups excluding carboxylic acids is 2. The number of imide groups is 1. The predicted octanol–water partition coefficient (Wildman–Crippen LogP) is 2.90. The van der Waals surface area contributed by atoms with Crippen LogP contribution in [0.4, 0.5) is 0 Å². The second kappa shape index (κ2) is 8.70. The summed E-state index contributed by atoms with van der Waals surface area (Å²) in [7, 11) is 2.09. The zero-order valence-corrected chi connectivity index (χ0v) is 16.8. The van der Waals surface area contributed by atoms with Crippen molar-refractivity contribution in [1.29, 1.82) is 0 Å². The molecule has 5 nitrogen and oxygen atoms in total.